The molecule has 1 rings (SSSR count). The molecule has 0 bridgehead atoms. The molecule has 0 aliphatic heterocycles. The van der Waals surface area contributed by atoms with E-state index in [0.29, 0.717) is 5.41 Å². The van der Waals surface area contributed by atoms with Crippen LogP contribution in [0.3, 0.4) is 0 Å². The highest BCUT2D eigenvalue weighted by molar-refractivity contribution is 5.79. The van der Waals surface area contributed by atoms with Gasteiger partial charge in [-0.1, -0.05) is 33.1 Å². The highest BCUT2D eigenvalue weighted by Crippen LogP contribution is 2.37. The normalized spacial score (nSPS) is 19.6. The van der Waals surface area contributed by atoms with E-state index < -0.39 is 0 Å². The molecule has 0 atom stereocenters. The van der Waals surface area contributed by atoms with Crippen LogP contribution in [0.1, 0.15) is 46.0 Å². The fourth-order valence-electron chi connectivity index (χ4n) is 2.62. The summed E-state index contributed by atoms with van der Waals surface area (Å²) in [6.45, 7) is 5.75. The minimum absolute atomic E-state index is 0.368. The number of hydrogen-bond donors (Lipinski definition) is 2. The average Bonchev–Trinajstić information content (AvgIpc) is 2.31. The van der Waals surface area contributed by atoms with E-state index in [-0.39, 0.29) is 0 Å². The van der Waals surface area contributed by atoms with Crippen LogP contribution >= 0.6 is 0 Å². The Morgan fingerprint density at radius 1 is 1.25 bits per heavy atom. The number of aliphatic imine (C=N–C) groups is 1. The van der Waals surface area contributed by atoms with Gasteiger partial charge in [-0.15, -0.1) is 0 Å². The molecule has 1 aliphatic rings. The SMILES string of the molecule is CN=C(NC)NCC(C)(C)C1CCCCC1. The van der Waals surface area contributed by atoms with E-state index in [1.54, 1.807) is 0 Å². The Morgan fingerprint density at radius 2 is 1.88 bits per heavy atom. The van der Waals surface area contributed by atoms with Crippen LogP contribution in [-0.4, -0.2) is 26.6 Å². The maximum absolute atomic E-state index is 4.15. The van der Waals surface area contributed by atoms with Crippen LogP contribution in [0, 0.1) is 11.3 Å². The fraction of sp³-hybridized carbons (Fsp3) is 0.923. The Balaban J connectivity index is 2.43. The average molecular weight is 225 g/mol. The molecular weight excluding hydrogens is 198 g/mol. The first kappa shape index (κ1) is 13.3. The summed E-state index contributed by atoms with van der Waals surface area (Å²) >= 11 is 0. The molecule has 0 radical (unpaired) electrons. The van der Waals surface area contributed by atoms with Crippen molar-refractivity contribution in [2.75, 3.05) is 20.6 Å². The van der Waals surface area contributed by atoms with Crippen LogP contribution < -0.4 is 10.6 Å². The monoisotopic (exact) mass is 225 g/mol. The van der Waals surface area contributed by atoms with Crippen LogP contribution in [0.5, 0.6) is 0 Å². The van der Waals surface area contributed by atoms with Gasteiger partial charge < -0.3 is 10.6 Å². The van der Waals surface area contributed by atoms with Gasteiger partial charge in [-0.25, -0.2) is 0 Å². The standard InChI is InChI=1S/C13H27N3/c1-13(2,10-16-12(14-3)15-4)11-8-6-5-7-9-11/h11H,5-10H2,1-4H3,(H2,14,15,16). The summed E-state index contributed by atoms with van der Waals surface area (Å²) < 4.78 is 0. The number of nitrogens with one attached hydrogen (secondary N) is 2. The predicted octanol–water partition coefficient (Wildman–Crippen LogP) is 2.39. The first-order valence-corrected chi connectivity index (χ1v) is 6.48. The lowest BCUT2D eigenvalue weighted by molar-refractivity contribution is 0.160. The topological polar surface area (TPSA) is 36.4 Å². The maximum atomic E-state index is 4.15. The Bertz CT molecular complexity index is 227. The van der Waals surface area contributed by atoms with Gasteiger partial charge in [0.15, 0.2) is 5.96 Å². The summed E-state index contributed by atoms with van der Waals surface area (Å²) in [5.74, 6) is 1.76. The van der Waals surface area contributed by atoms with Crippen molar-refractivity contribution in [3.05, 3.63) is 0 Å². The van der Waals surface area contributed by atoms with Gasteiger partial charge in [0.05, 0.1) is 0 Å². The van der Waals surface area contributed by atoms with Crippen LogP contribution in [-0.2, 0) is 0 Å². The molecule has 0 saturated heterocycles. The lowest BCUT2D eigenvalue weighted by Gasteiger charge is -2.37. The molecule has 1 fully saturated rings. The van der Waals surface area contributed by atoms with Crippen molar-refractivity contribution in [3.63, 3.8) is 0 Å². The molecule has 94 valence electrons. The first-order valence-electron chi connectivity index (χ1n) is 6.48. The van der Waals surface area contributed by atoms with Crippen LogP contribution in [0.2, 0.25) is 0 Å². The molecule has 3 nitrogen and oxygen atoms in total. The van der Waals surface area contributed by atoms with E-state index in [2.05, 4.69) is 29.5 Å². The molecule has 0 heterocycles. The third-order valence-electron chi connectivity index (χ3n) is 3.88. The molecule has 2 N–H and O–H groups in total. The number of hydrogen-bond acceptors (Lipinski definition) is 1. The maximum Gasteiger partial charge on any atom is 0.190 e. The molecule has 0 aromatic carbocycles. The van der Waals surface area contributed by atoms with Crippen molar-refractivity contribution in [1.82, 2.24) is 10.6 Å². The van der Waals surface area contributed by atoms with Gasteiger partial charge >= 0.3 is 0 Å². The van der Waals surface area contributed by atoms with E-state index >= 15 is 0 Å². The van der Waals surface area contributed by atoms with Gasteiger partial charge in [0.25, 0.3) is 0 Å². The van der Waals surface area contributed by atoms with E-state index in [1.807, 2.05) is 14.1 Å². The minimum atomic E-state index is 0.368. The quantitative estimate of drug-likeness (QED) is 0.571. The summed E-state index contributed by atoms with van der Waals surface area (Å²) in [6, 6.07) is 0. The van der Waals surface area contributed by atoms with Gasteiger partial charge in [-0.05, 0) is 24.2 Å². The van der Waals surface area contributed by atoms with Crippen molar-refractivity contribution < 1.29 is 0 Å². The second-order valence-corrected chi connectivity index (χ2v) is 5.50. The molecule has 0 aromatic heterocycles. The zero-order valence-electron chi connectivity index (χ0n) is 11.3. The third-order valence-corrected chi connectivity index (χ3v) is 3.88. The van der Waals surface area contributed by atoms with Gasteiger partial charge in [0.1, 0.15) is 0 Å². The smallest absolute Gasteiger partial charge is 0.190 e. The van der Waals surface area contributed by atoms with Crippen molar-refractivity contribution in [2.45, 2.75) is 46.0 Å². The molecule has 0 aromatic rings. The minimum Gasteiger partial charge on any atom is -0.359 e. The van der Waals surface area contributed by atoms with Gasteiger partial charge in [0, 0.05) is 20.6 Å². The van der Waals surface area contributed by atoms with Crippen LogP contribution in [0.4, 0.5) is 0 Å². The molecule has 0 amide bonds. The van der Waals surface area contributed by atoms with E-state index in [0.717, 1.165) is 18.4 Å². The fourth-order valence-corrected chi connectivity index (χ4v) is 2.62. The Labute approximate surface area is 100 Å². The van der Waals surface area contributed by atoms with Gasteiger partial charge in [0.2, 0.25) is 0 Å². The molecule has 1 saturated carbocycles. The van der Waals surface area contributed by atoms with Gasteiger partial charge in [-0.2, -0.15) is 0 Å². The third kappa shape index (κ3) is 3.69. The van der Waals surface area contributed by atoms with Crippen LogP contribution in [0.25, 0.3) is 0 Å². The number of rotatable bonds is 3. The molecular formula is C13H27N3. The van der Waals surface area contributed by atoms with E-state index in [1.165, 1.54) is 32.1 Å². The summed E-state index contributed by atoms with van der Waals surface area (Å²) in [5, 5.41) is 6.46. The van der Waals surface area contributed by atoms with Crippen molar-refractivity contribution >= 4 is 5.96 Å². The largest absolute Gasteiger partial charge is 0.359 e. The zero-order valence-corrected chi connectivity index (χ0v) is 11.3. The molecule has 0 unspecified atom stereocenters. The first-order chi connectivity index (χ1) is 7.60. The molecule has 0 spiro atoms. The van der Waals surface area contributed by atoms with Crippen molar-refractivity contribution in [3.8, 4) is 0 Å². The number of nitrogens with zero attached hydrogens (tertiary/aromatic N) is 1. The molecule has 16 heavy (non-hydrogen) atoms. The summed E-state index contributed by atoms with van der Waals surface area (Å²) in [5.41, 5.74) is 0.368. The lowest BCUT2D eigenvalue weighted by atomic mass is 9.71. The highest BCUT2D eigenvalue weighted by Gasteiger charge is 2.30. The second-order valence-electron chi connectivity index (χ2n) is 5.50. The molecule has 3 heteroatoms. The highest BCUT2D eigenvalue weighted by atomic mass is 15.2. The van der Waals surface area contributed by atoms with Crippen molar-refractivity contribution in [2.24, 2.45) is 16.3 Å². The van der Waals surface area contributed by atoms with Gasteiger partial charge in [-0.3, -0.25) is 4.99 Å². The summed E-state index contributed by atoms with van der Waals surface area (Å²) in [6.07, 6.45) is 7.04. The second kappa shape index (κ2) is 6.12. The van der Waals surface area contributed by atoms with Crippen LogP contribution in [0.15, 0.2) is 4.99 Å². The Morgan fingerprint density at radius 3 is 2.38 bits per heavy atom. The number of guanidine groups is 1. The predicted molar refractivity (Wildman–Crippen MR) is 70.8 cm³/mol. The summed E-state index contributed by atoms with van der Waals surface area (Å²) in [4.78, 5) is 4.15. The Hall–Kier alpha value is -0.730. The van der Waals surface area contributed by atoms with E-state index in [4.69, 9.17) is 0 Å². The summed E-state index contributed by atoms with van der Waals surface area (Å²) in [7, 11) is 3.72. The van der Waals surface area contributed by atoms with Crippen molar-refractivity contribution in [1.29, 1.82) is 0 Å². The Kier molecular flexibility index (Phi) is 5.10. The molecule has 1 aliphatic carbocycles. The zero-order chi connectivity index (χ0) is 12.0. The van der Waals surface area contributed by atoms with E-state index in [9.17, 15) is 0 Å². The lowest BCUT2D eigenvalue weighted by Crippen LogP contribution is -2.43.